The summed E-state index contributed by atoms with van der Waals surface area (Å²) in [4.78, 5) is 36.9. The van der Waals surface area contributed by atoms with Gasteiger partial charge in [0.2, 0.25) is 0 Å². The summed E-state index contributed by atoms with van der Waals surface area (Å²) in [6.07, 6.45) is 0.0795. The first-order valence-corrected chi connectivity index (χ1v) is 7.71. The topological polar surface area (TPSA) is 60.4 Å². The predicted molar refractivity (Wildman–Crippen MR) is 84.4 cm³/mol. The Balaban J connectivity index is 1.74. The molecule has 0 aliphatic heterocycles. The lowest BCUT2D eigenvalue weighted by molar-refractivity contribution is -0.142. The van der Waals surface area contributed by atoms with Crippen molar-refractivity contribution in [2.45, 2.75) is 19.8 Å². The van der Waals surface area contributed by atoms with E-state index in [2.05, 4.69) is 0 Å². The zero-order valence-corrected chi connectivity index (χ0v) is 13.0. The Morgan fingerprint density at radius 3 is 2.32 bits per heavy atom. The van der Waals surface area contributed by atoms with E-state index in [0.29, 0.717) is 10.4 Å². The molecule has 1 aromatic heterocycles. The molecule has 0 atom stereocenters. The molecular weight excluding hydrogens is 300 g/mol. The number of carbonyl (C=O) groups excluding carboxylic acids is 3. The maximum Gasteiger partial charge on any atom is 0.306 e. The van der Waals surface area contributed by atoms with E-state index in [0.717, 1.165) is 4.88 Å². The lowest BCUT2D eigenvalue weighted by Gasteiger charge is -2.04. The molecule has 0 aliphatic carbocycles. The predicted octanol–water partition coefficient (Wildman–Crippen LogP) is 3.45. The second-order valence-electron chi connectivity index (χ2n) is 4.78. The first-order chi connectivity index (χ1) is 10.6. The number of benzene rings is 1. The zero-order chi connectivity index (χ0) is 15.9. The molecule has 4 nitrogen and oxygen atoms in total. The van der Waals surface area contributed by atoms with E-state index < -0.39 is 5.97 Å². The minimum Gasteiger partial charge on any atom is -0.457 e. The Morgan fingerprint density at radius 1 is 0.955 bits per heavy atom. The van der Waals surface area contributed by atoms with Crippen LogP contribution in [0.25, 0.3) is 0 Å². The third-order valence-corrected chi connectivity index (χ3v) is 4.07. The maximum absolute atomic E-state index is 11.9. The molecule has 1 heterocycles. The quantitative estimate of drug-likeness (QED) is 0.580. The molecule has 0 radical (unpaired) electrons. The Bertz CT molecular complexity index is 673. The third kappa shape index (κ3) is 4.63. The van der Waals surface area contributed by atoms with Crippen LogP contribution in [0.2, 0.25) is 0 Å². The second-order valence-corrected chi connectivity index (χ2v) is 6.07. The largest absolute Gasteiger partial charge is 0.457 e. The van der Waals surface area contributed by atoms with Gasteiger partial charge in [-0.1, -0.05) is 30.3 Å². The molecule has 2 rings (SSSR count). The number of aryl methyl sites for hydroxylation is 1. The number of thiophene rings is 1. The van der Waals surface area contributed by atoms with Crippen molar-refractivity contribution < 1.29 is 19.1 Å². The van der Waals surface area contributed by atoms with Crippen molar-refractivity contribution in [3.05, 3.63) is 57.8 Å². The molecule has 0 N–H and O–H groups in total. The molecule has 0 saturated heterocycles. The average Bonchev–Trinajstić information content (AvgIpc) is 2.97. The van der Waals surface area contributed by atoms with Gasteiger partial charge in [0.15, 0.2) is 18.2 Å². The van der Waals surface area contributed by atoms with Crippen LogP contribution >= 0.6 is 11.3 Å². The Morgan fingerprint density at radius 2 is 1.68 bits per heavy atom. The fraction of sp³-hybridized carbons (Fsp3) is 0.235. The van der Waals surface area contributed by atoms with Crippen molar-refractivity contribution in [2.75, 3.05) is 6.61 Å². The molecule has 0 saturated carbocycles. The number of hydrogen-bond donors (Lipinski definition) is 0. The van der Waals surface area contributed by atoms with Crippen molar-refractivity contribution in [3.63, 3.8) is 0 Å². The number of rotatable bonds is 7. The molecular formula is C17H16O4S. The van der Waals surface area contributed by atoms with E-state index in [9.17, 15) is 14.4 Å². The van der Waals surface area contributed by atoms with Gasteiger partial charge in [-0.15, -0.1) is 11.3 Å². The van der Waals surface area contributed by atoms with Crippen molar-refractivity contribution >= 4 is 28.9 Å². The van der Waals surface area contributed by atoms with Gasteiger partial charge in [0.1, 0.15) is 0 Å². The van der Waals surface area contributed by atoms with Gasteiger partial charge in [0.25, 0.3) is 0 Å². The van der Waals surface area contributed by atoms with Gasteiger partial charge in [0, 0.05) is 16.9 Å². The highest BCUT2D eigenvalue weighted by atomic mass is 32.1. The molecule has 0 spiro atoms. The zero-order valence-electron chi connectivity index (χ0n) is 12.2. The monoisotopic (exact) mass is 316 g/mol. The fourth-order valence-electron chi connectivity index (χ4n) is 1.85. The molecule has 0 aliphatic rings. The van der Waals surface area contributed by atoms with Crippen LogP contribution in [0, 0.1) is 6.92 Å². The first kappa shape index (κ1) is 16.1. The molecule has 0 unspecified atom stereocenters. The number of hydrogen-bond acceptors (Lipinski definition) is 5. The van der Waals surface area contributed by atoms with Gasteiger partial charge >= 0.3 is 5.97 Å². The Kier molecular flexibility index (Phi) is 5.61. The number of ether oxygens (including phenoxy) is 1. The van der Waals surface area contributed by atoms with Crippen molar-refractivity contribution in [1.29, 1.82) is 0 Å². The van der Waals surface area contributed by atoms with Crippen LogP contribution in [0.1, 0.15) is 37.7 Å². The highest BCUT2D eigenvalue weighted by Crippen LogP contribution is 2.17. The minimum atomic E-state index is -0.536. The van der Waals surface area contributed by atoms with Crippen LogP contribution < -0.4 is 0 Å². The lowest BCUT2D eigenvalue weighted by atomic mass is 10.1. The van der Waals surface area contributed by atoms with Gasteiger partial charge in [0.05, 0.1) is 11.3 Å². The summed E-state index contributed by atoms with van der Waals surface area (Å²) < 4.78 is 4.91. The maximum atomic E-state index is 11.9. The summed E-state index contributed by atoms with van der Waals surface area (Å²) in [6, 6.07) is 12.3. The van der Waals surface area contributed by atoms with Crippen molar-refractivity contribution in [3.8, 4) is 0 Å². The van der Waals surface area contributed by atoms with Crippen LogP contribution in [-0.2, 0) is 9.53 Å². The number of esters is 1. The summed E-state index contributed by atoms with van der Waals surface area (Å²) in [5.74, 6) is -0.871. The van der Waals surface area contributed by atoms with Crippen LogP contribution in [0.4, 0.5) is 0 Å². The van der Waals surface area contributed by atoms with E-state index >= 15 is 0 Å². The fourth-order valence-corrected chi connectivity index (χ4v) is 2.68. The van der Waals surface area contributed by atoms with E-state index in [1.165, 1.54) is 11.3 Å². The average molecular weight is 316 g/mol. The van der Waals surface area contributed by atoms with Crippen LogP contribution in [-0.4, -0.2) is 24.1 Å². The number of ketones is 2. The molecule has 0 bridgehead atoms. The first-order valence-electron chi connectivity index (χ1n) is 6.90. The molecule has 114 valence electrons. The van der Waals surface area contributed by atoms with Gasteiger partial charge in [-0.05, 0) is 19.1 Å². The second kappa shape index (κ2) is 7.66. The Labute approximate surface area is 132 Å². The van der Waals surface area contributed by atoms with Crippen LogP contribution in [0.5, 0.6) is 0 Å². The Hall–Kier alpha value is -2.27. The summed E-state index contributed by atoms with van der Waals surface area (Å²) in [5, 5.41) is 0. The van der Waals surface area contributed by atoms with E-state index in [4.69, 9.17) is 4.74 Å². The van der Waals surface area contributed by atoms with Crippen LogP contribution in [0.3, 0.4) is 0 Å². The molecule has 5 heteroatoms. The smallest absolute Gasteiger partial charge is 0.306 e. The summed E-state index contributed by atoms with van der Waals surface area (Å²) in [7, 11) is 0. The molecule has 2 aromatic rings. The molecule has 0 amide bonds. The molecule has 0 fully saturated rings. The normalized spacial score (nSPS) is 10.2. The van der Waals surface area contributed by atoms with Gasteiger partial charge < -0.3 is 4.74 Å². The molecule has 1 aromatic carbocycles. The third-order valence-electron chi connectivity index (χ3n) is 3.03. The van der Waals surface area contributed by atoms with Crippen molar-refractivity contribution in [2.24, 2.45) is 0 Å². The minimum absolute atomic E-state index is 0.0160. The molecule has 22 heavy (non-hydrogen) atoms. The number of carbonyl (C=O) groups is 3. The standard InChI is InChI=1S/C17H16O4S/c1-12-7-9-16(22-12)14(18)8-10-17(20)21-11-15(19)13-5-3-2-4-6-13/h2-7,9H,8,10-11H2,1H3. The number of Topliss-reactive ketones (excluding diaryl/α,β-unsaturated/α-hetero) is 2. The highest BCUT2D eigenvalue weighted by Gasteiger charge is 2.13. The highest BCUT2D eigenvalue weighted by molar-refractivity contribution is 7.14. The SMILES string of the molecule is Cc1ccc(C(=O)CCC(=O)OCC(=O)c2ccccc2)s1. The summed E-state index contributed by atoms with van der Waals surface area (Å²) >= 11 is 1.41. The van der Waals surface area contributed by atoms with Gasteiger partial charge in [-0.25, -0.2) is 0 Å². The summed E-state index contributed by atoms with van der Waals surface area (Å²) in [5.41, 5.74) is 0.500. The van der Waals surface area contributed by atoms with E-state index in [1.54, 1.807) is 36.4 Å². The van der Waals surface area contributed by atoms with E-state index in [1.807, 2.05) is 13.0 Å². The lowest BCUT2D eigenvalue weighted by Crippen LogP contribution is -2.14. The van der Waals surface area contributed by atoms with Crippen molar-refractivity contribution in [1.82, 2.24) is 0 Å². The van der Waals surface area contributed by atoms with E-state index in [-0.39, 0.29) is 31.0 Å². The van der Waals surface area contributed by atoms with Gasteiger partial charge in [-0.3, -0.25) is 14.4 Å². The van der Waals surface area contributed by atoms with Crippen LogP contribution in [0.15, 0.2) is 42.5 Å². The summed E-state index contributed by atoms with van der Waals surface area (Å²) in [6.45, 7) is 1.63. The van der Waals surface area contributed by atoms with Gasteiger partial charge in [-0.2, -0.15) is 0 Å².